The molecule has 1 aliphatic carbocycles. The molecule has 0 spiro atoms. The summed E-state index contributed by atoms with van der Waals surface area (Å²) in [6.45, 7) is 3.52. The number of amides is 1. The van der Waals surface area contributed by atoms with Gasteiger partial charge in [-0.1, -0.05) is 52.7 Å². The number of halogens is 1. The van der Waals surface area contributed by atoms with E-state index in [0.717, 1.165) is 16.2 Å². The van der Waals surface area contributed by atoms with Gasteiger partial charge in [0.05, 0.1) is 16.4 Å². The molecule has 3 atom stereocenters. The molecule has 0 unspecified atom stereocenters. The lowest BCUT2D eigenvalue weighted by atomic mass is 9.66. The topological polar surface area (TPSA) is 71.5 Å². The number of aryl methyl sites for hydroxylation is 1. The van der Waals surface area contributed by atoms with E-state index in [1.165, 1.54) is 12.1 Å². The zero-order chi connectivity index (χ0) is 17.0. The van der Waals surface area contributed by atoms with Crippen LogP contribution in [0.4, 0.5) is 0 Å². The fraction of sp³-hybridized carbons (Fsp3) is 0.375. The van der Waals surface area contributed by atoms with Crippen molar-refractivity contribution in [2.75, 3.05) is 0 Å². The summed E-state index contributed by atoms with van der Waals surface area (Å²) in [5.74, 6) is -0.619. The zero-order valence-electron chi connectivity index (χ0n) is 12.7. The van der Waals surface area contributed by atoms with Crippen LogP contribution in [0.15, 0.2) is 41.3 Å². The molecule has 1 saturated heterocycles. The maximum Gasteiger partial charge on any atom is 0.267 e. The molecule has 0 N–H and O–H groups in total. The molecule has 122 valence electrons. The molecule has 1 fully saturated rings. The van der Waals surface area contributed by atoms with Gasteiger partial charge in [-0.05, 0) is 25.5 Å². The minimum absolute atomic E-state index is 0.0707. The van der Waals surface area contributed by atoms with E-state index in [-0.39, 0.29) is 11.3 Å². The molecule has 0 saturated carbocycles. The quantitative estimate of drug-likeness (QED) is 0.445. The van der Waals surface area contributed by atoms with Gasteiger partial charge in [0.15, 0.2) is 0 Å². The number of hydrogen-bond acceptors (Lipinski definition) is 4. The summed E-state index contributed by atoms with van der Waals surface area (Å²) in [6, 6.07) is 5.71. The third kappa shape index (κ3) is 2.13. The molecule has 4 rings (SSSR count). The van der Waals surface area contributed by atoms with Gasteiger partial charge in [-0.3, -0.25) is 4.79 Å². The average Bonchev–Trinajstić information content (AvgIpc) is 2.50. The van der Waals surface area contributed by atoms with Crippen molar-refractivity contribution in [1.82, 2.24) is 4.31 Å². The van der Waals surface area contributed by atoms with E-state index < -0.39 is 31.7 Å². The highest BCUT2D eigenvalue weighted by Crippen LogP contribution is 2.52. The van der Waals surface area contributed by atoms with Gasteiger partial charge in [-0.15, -0.1) is 0 Å². The standard InChI is InChI=1S/C16H16BrNO4S/c1-11-3-5-13(6-4-11)23(21,22)18-12-7-8-16(17,14(18)20)15(2,9-12)10-19/h3-8,10,12H,9H2,1-2H3/t12-,15-,16+/m1/s1. The van der Waals surface area contributed by atoms with E-state index >= 15 is 0 Å². The number of carbonyl (C=O) groups is 2. The maximum atomic E-state index is 12.9. The number of fused-ring (bicyclic) bond motifs is 2. The van der Waals surface area contributed by atoms with Crippen LogP contribution in [-0.2, 0) is 19.6 Å². The first-order valence-electron chi connectivity index (χ1n) is 7.16. The van der Waals surface area contributed by atoms with Crippen LogP contribution >= 0.6 is 15.9 Å². The first-order chi connectivity index (χ1) is 10.7. The summed E-state index contributed by atoms with van der Waals surface area (Å²) in [5.41, 5.74) is -0.0381. The molecule has 3 aliphatic rings. The zero-order valence-corrected chi connectivity index (χ0v) is 15.1. The van der Waals surface area contributed by atoms with Crippen molar-refractivity contribution in [3.63, 3.8) is 0 Å². The minimum atomic E-state index is -3.97. The Morgan fingerprint density at radius 1 is 1.30 bits per heavy atom. The molecule has 1 amide bonds. The monoisotopic (exact) mass is 397 g/mol. The fourth-order valence-corrected chi connectivity index (χ4v) is 5.40. The van der Waals surface area contributed by atoms with Crippen LogP contribution in [0, 0.1) is 12.3 Å². The molecule has 1 aromatic rings. The van der Waals surface area contributed by atoms with E-state index in [1.807, 2.05) is 6.92 Å². The molecule has 0 aromatic heterocycles. The van der Waals surface area contributed by atoms with Crippen molar-refractivity contribution in [3.05, 3.63) is 42.0 Å². The van der Waals surface area contributed by atoms with Crippen molar-refractivity contribution >= 4 is 38.1 Å². The predicted octanol–water partition coefficient (Wildman–Crippen LogP) is 2.19. The lowest BCUT2D eigenvalue weighted by molar-refractivity contribution is -0.140. The Kier molecular flexibility index (Phi) is 3.57. The highest BCUT2D eigenvalue weighted by Gasteiger charge is 2.62. The maximum absolute atomic E-state index is 12.9. The molecular weight excluding hydrogens is 382 g/mol. The number of nitrogens with zero attached hydrogens (tertiary/aromatic N) is 1. The molecular formula is C16H16BrNO4S. The minimum Gasteiger partial charge on any atom is -0.303 e. The normalized spacial score (nSPS) is 33.1. The Morgan fingerprint density at radius 2 is 1.91 bits per heavy atom. The number of carbonyl (C=O) groups excluding carboxylic acids is 2. The molecule has 1 aromatic carbocycles. The number of rotatable bonds is 3. The van der Waals surface area contributed by atoms with Crippen LogP contribution in [-0.4, -0.2) is 35.3 Å². The molecule has 23 heavy (non-hydrogen) atoms. The van der Waals surface area contributed by atoms with Gasteiger partial charge < -0.3 is 4.79 Å². The number of sulfonamides is 1. The van der Waals surface area contributed by atoms with Gasteiger partial charge in [0, 0.05) is 0 Å². The average molecular weight is 398 g/mol. The molecule has 2 bridgehead atoms. The van der Waals surface area contributed by atoms with Crippen LogP contribution in [0.3, 0.4) is 0 Å². The van der Waals surface area contributed by atoms with E-state index in [9.17, 15) is 18.0 Å². The van der Waals surface area contributed by atoms with Gasteiger partial charge in [0.2, 0.25) is 0 Å². The lowest BCUT2D eigenvalue weighted by Gasteiger charge is -2.52. The molecule has 2 aliphatic heterocycles. The highest BCUT2D eigenvalue weighted by atomic mass is 79.9. The third-order valence-corrected chi connectivity index (χ3v) is 7.99. The Hall–Kier alpha value is -1.47. The number of aldehydes is 1. The highest BCUT2D eigenvalue weighted by molar-refractivity contribution is 9.10. The second kappa shape index (κ2) is 5.01. The van der Waals surface area contributed by atoms with Crippen molar-refractivity contribution < 1.29 is 18.0 Å². The Balaban J connectivity index is 2.10. The Labute approximate surface area is 143 Å². The summed E-state index contributed by atoms with van der Waals surface area (Å²) in [4.78, 5) is 24.4. The van der Waals surface area contributed by atoms with Gasteiger partial charge >= 0.3 is 0 Å². The second-order valence-corrected chi connectivity index (χ2v) is 9.36. The van der Waals surface area contributed by atoms with Crippen molar-refractivity contribution in [2.45, 2.75) is 35.5 Å². The first-order valence-corrected chi connectivity index (χ1v) is 9.39. The number of benzene rings is 1. The van der Waals surface area contributed by atoms with E-state index in [1.54, 1.807) is 31.2 Å². The predicted molar refractivity (Wildman–Crippen MR) is 88.6 cm³/mol. The van der Waals surface area contributed by atoms with Crippen LogP contribution in [0.1, 0.15) is 18.9 Å². The summed E-state index contributed by atoms with van der Waals surface area (Å²) in [5, 5.41) is 0. The number of piperidine rings is 1. The van der Waals surface area contributed by atoms with Crippen molar-refractivity contribution in [1.29, 1.82) is 0 Å². The van der Waals surface area contributed by atoms with Gasteiger partial charge in [-0.2, -0.15) is 0 Å². The van der Waals surface area contributed by atoms with Crippen molar-refractivity contribution in [3.8, 4) is 0 Å². The molecule has 0 radical (unpaired) electrons. The number of alkyl halides is 1. The van der Waals surface area contributed by atoms with Crippen LogP contribution in [0.2, 0.25) is 0 Å². The molecule has 2 heterocycles. The van der Waals surface area contributed by atoms with Gasteiger partial charge in [0.1, 0.15) is 10.6 Å². The second-order valence-electron chi connectivity index (χ2n) is 6.30. The molecule has 7 heteroatoms. The van der Waals surface area contributed by atoms with Crippen LogP contribution in [0.25, 0.3) is 0 Å². The number of hydrogen-bond donors (Lipinski definition) is 0. The van der Waals surface area contributed by atoms with E-state index in [0.29, 0.717) is 0 Å². The van der Waals surface area contributed by atoms with Crippen LogP contribution < -0.4 is 0 Å². The summed E-state index contributed by atoms with van der Waals surface area (Å²) < 4.78 is 25.4. The Bertz CT molecular complexity index is 817. The SMILES string of the molecule is Cc1ccc(S(=O)(=O)N2C(=O)[C@@]3(Br)C=C[C@@H]2C[C@]3(C)C=O)cc1. The van der Waals surface area contributed by atoms with E-state index in [2.05, 4.69) is 15.9 Å². The lowest BCUT2D eigenvalue weighted by Crippen LogP contribution is -2.66. The first kappa shape index (κ1) is 16.4. The van der Waals surface area contributed by atoms with Gasteiger partial charge in [0.25, 0.3) is 15.9 Å². The van der Waals surface area contributed by atoms with E-state index in [4.69, 9.17) is 0 Å². The summed E-state index contributed by atoms with van der Waals surface area (Å²) >= 11 is 3.32. The largest absolute Gasteiger partial charge is 0.303 e. The fourth-order valence-electron chi connectivity index (χ4n) is 3.12. The Morgan fingerprint density at radius 3 is 2.48 bits per heavy atom. The van der Waals surface area contributed by atoms with Crippen LogP contribution in [0.5, 0.6) is 0 Å². The molecule has 5 nitrogen and oxygen atoms in total. The summed E-state index contributed by atoms with van der Waals surface area (Å²) in [6.07, 6.45) is 4.26. The van der Waals surface area contributed by atoms with Crippen molar-refractivity contribution in [2.24, 2.45) is 5.41 Å². The summed E-state index contributed by atoms with van der Waals surface area (Å²) in [7, 11) is -3.97. The third-order valence-electron chi connectivity index (χ3n) is 4.66. The smallest absolute Gasteiger partial charge is 0.267 e. The van der Waals surface area contributed by atoms with Gasteiger partial charge in [-0.25, -0.2) is 12.7 Å².